The van der Waals surface area contributed by atoms with Crippen LogP contribution in [0.15, 0.2) is 54.6 Å². The summed E-state index contributed by atoms with van der Waals surface area (Å²) >= 11 is 5.94. The SMILES string of the molecule is O=C(Cc1ccc(Cl)cc1)CC1CN(C(=O)C2CC2)CCC1c1ccccc1. The molecule has 2 fully saturated rings. The minimum absolute atomic E-state index is 0.179. The zero-order valence-corrected chi connectivity index (χ0v) is 16.8. The number of rotatable bonds is 6. The first-order valence-electron chi connectivity index (χ1n) is 10.2. The first-order valence-corrected chi connectivity index (χ1v) is 10.6. The molecule has 0 bridgehead atoms. The Labute approximate surface area is 171 Å². The average molecular weight is 396 g/mol. The number of nitrogens with zero attached hydrogens (tertiary/aromatic N) is 1. The van der Waals surface area contributed by atoms with E-state index in [2.05, 4.69) is 24.3 Å². The molecule has 2 aliphatic rings. The summed E-state index contributed by atoms with van der Waals surface area (Å²) in [4.78, 5) is 27.4. The maximum atomic E-state index is 12.8. The molecule has 2 atom stereocenters. The third kappa shape index (κ3) is 4.64. The predicted octanol–water partition coefficient (Wildman–Crippen LogP) is 4.88. The molecule has 4 heteroatoms. The van der Waals surface area contributed by atoms with Crippen LogP contribution in [0.1, 0.15) is 42.7 Å². The lowest BCUT2D eigenvalue weighted by Crippen LogP contribution is -2.44. The van der Waals surface area contributed by atoms with Gasteiger partial charge in [0.15, 0.2) is 0 Å². The molecular weight excluding hydrogens is 370 g/mol. The van der Waals surface area contributed by atoms with Crippen molar-refractivity contribution in [2.75, 3.05) is 13.1 Å². The van der Waals surface area contributed by atoms with E-state index < -0.39 is 0 Å². The Bertz CT molecular complexity index is 829. The van der Waals surface area contributed by atoms with E-state index in [0.29, 0.717) is 36.2 Å². The summed E-state index contributed by atoms with van der Waals surface area (Å²) in [5, 5.41) is 0.682. The van der Waals surface area contributed by atoms with Crippen LogP contribution in [0.25, 0.3) is 0 Å². The number of Topliss-reactive ketones (excluding diaryl/α,β-unsaturated/α-hetero) is 1. The highest BCUT2D eigenvalue weighted by Gasteiger charge is 2.38. The van der Waals surface area contributed by atoms with Crippen molar-refractivity contribution in [3.05, 3.63) is 70.7 Å². The van der Waals surface area contributed by atoms with Crippen molar-refractivity contribution in [2.45, 2.75) is 38.0 Å². The van der Waals surface area contributed by atoms with Gasteiger partial charge >= 0.3 is 0 Å². The Morgan fingerprint density at radius 2 is 1.68 bits per heavy atom. The number of likely N-dealkylation sites (tertiary alicyclic amines) is 1. The van der Waals surface area contributed by atoms with Gasteiger partial charge in [-0.05, 0) is 54.4 Å². The largest absolute Gasteiger partial charge is 0.342 e. The van der Waals surface area contributed by atoms with Gasteiger partial charge in [0.1, 0.15) is 5.78 Å². The Hall–Kier alpha value is -2.13. The molecule has 1 aliphatic heterocycles. The van der Waals surface area contributed by atoms with E-state index in [1.165, 1.54) is 5.56 Å². The number of ketones is 1. The van der Waals surface area contributed by atoms with Crippen LogP contribution in [0.5, 0.6) is 0 Å². The van der Waals surface area contributed by atoms with E-state index in [1.54, 1.807) is 0 Å². The van der Waals surface area contributed by atoms with Gasteiger partial charge in [-0.2, -0.15) is 0 Å². The van der Waals surface area contributed by atoms with Gasteiger partial charge in [0.2, 0.25) is 5.91 Å². The summed E-state index contributed by atoms with van der Waals surface area (Å²) in [6.07, 6.45) is 3.92. The van der Waals surface area contributed by atoms with Crippen molar-refractivity contribution in [2.24, 2.45) is 11.8 Å². The molecule has 0 aromatic heterocycles. The lowest BCUT2D eigenvalue weighted by molar-refractivity contribution is -0.135. The maximum absolute atomic E-state index is 12.8. The Morgan fingerprint density at radius 1 is 0.964 bits per heavy atom. The summed E-state index contributed by atoms with van der Waals surface area (Å²) in [6, 6.07) is 17.9. The van der Waals surface area contributed by atoms with E-state index in [1.807, 2.05) is 35.2 Å². The second-order valence-corrected chi connectivity index (χ2v) is 8.61. The molecule has 28 heavy (non-hydrogen) atoms. The third-order valence-corrected chi connectivity index (χ3v) is 6.26. The summed E-state index contributed by atoms with van der Waals surface area (Å²) in [6.45, 7) is 1.50. The number of hydrogen-bond acceptors (Lipinski definition) is 2. The topological polar surface area (TPSA) is 37.4 Å². The van der Waals surface area contributed by atoms with Gasteiger partial charge in [-0.25, -0.2) is 0 Å². The first kappa shape index (κ1) is 19.2. The van der Waals surface area contributed by atoms with Crippen LogP contribution >= 0.6 is 11.6 Å². The fourth-order valence-electron chi connectivity index (χ4n) is 4.36. The molecule has 3 nitrogen and oxygen atoms in total. The fourth-order valence-corrected chi connectivity index (χ4v) is 4.49. The number of piperidine rings is 1. The summed E-state index contributed by atoms with van der Waals surface area (Å²) in [5.41, 5.74) is 2.28. The van der Waals surface area contributed by atoms with E-state index in [-0.39, 0.29) is 17.6 Å². The second-order valence-electron chi connectivity index (χ2n) is 8.17. The zero-order valence-electron chi connectivity index (χ0n) is 16.0. The smallest absolute Gasteiger partial charge is 0.225 e. The van der Waals surface area contributed by atoms with Crippen LogP contribution in [-0.4, -0.2) is 29.7 Å². The number of halogens is 1. The van der Waals surface area contributed by atoms with Crippen molar-refractivity contribution >= 4 is 23.3 Å². The highest BCUT2D eigenvalue weighted by atomic mass is 35.5. The van der Waals surface area contributed by atoms with Crippen molar-refractivity contribution in [3.8, 4) is 0 Å². The lowest BCUT2D eigenvalue weighted by Gasteiger charge is -2.39. The molecule has 2 unspecified atom stereocenters. The normalized spacial score (nSPS) is 22.1. The van der Waals surface area contributed by atoms with Crippen LogP contribution in [0.3, 0.4) is 0 Å². The molecule has 0 radical (unpaired) electrons. The van der Waals surface area contributed by atoms with Gasteiger partial charge in [0.05, 0.1) is 0 Å². The van der Waals surface area contributed by atoms with Crippen molar-refractivity contribution in [1.82, 2.24) is 4.90 Å². The molecule has 0 spiro atoms. The maximum Gasteiger partial charge on any atom is 0.225 e. The number of amides is 1. The number of benzene rings is 2. The summed E-state index contributed by atoms with van der Waals surface area (Å²) in [5.74, 6) is 1.27. The van der Waals surface area contributed by atoms with Crippen molar-refractivity contribution in [3.63, 3.8) is 0 Å². The summed E-state index contributed by atoms with van der Waals surface area (Å²) < 4.78 is 0. The minimum atomic E-state index is 0.179. The molecule has 1 saturated heterocycles. The zero-order chi connectivity index (χ0) is 19.5. The van der Waals surface area contributed by atoms with Crippen LogP contribution < -0.4 is 0 Å². The molecule has 2 aromatic rings. The van der Waals surface area contributed by atoms with Gasteiger partial charge in [-0.15, -0.1) is 0 Å². The predicted molar refractivity (Wildman–Crippen MR) is 111 cm³/mol. The molecule has 1 amide bonds. The van der Waals surface area contributed by atoms with Crippen LogP contribution in [0.4, 0.5) is 0 Å². The van der Waals surface area contributed by atoms with Gasteiger partial charge in [0.25, 0.3) is 0 Å². The molecular formula is C24H26ClNO2. The van der Waals surface area contributed by atoms with Gasteiger partial charge in [-0.3, -0.25) is 9.59 Å². The standard InChI is InChI=1S/C24H26ClNO2/c25-21-10-6-17(7-11-21)14-22(27)15-20-16-26(24(28)19-8-9-19)13-12-23(20)18-4-2-1-3-5-18/h1-7,10-11,19-20,23H,8-9,12-16H2. The summed E-state index contributed by atoms with van der Waals surface area (Å²) in [7, 11) is 0. The number of carbonyl (C=O) groups is 2. The minimum Gasteiger partial charge on any atom is -0.342 e. The number of carbonyl (C=O) groups excluding carboxylic acids is 2. The van der Waals surface area contributed by atoms with Crippen LogP contribution in [-0.2, 0) is 16.0 Å². The Kier molecular flexibility index (Phi) is 5.82. The quantitative estimate of drug-likeness (QED) is 0.698. The van der Waals surface area contributed by atoms with E-state index in [4.69, 9.17) is 11.6 Å². The van der Waals surface area contributed by atoms with E-state index in [9.17, 15) is 9.59 Å². The molecule has 146 valence electrons. The molecule has 2 aromatic carbocycles. The second kappa shape index (κ2) is 8.48. The average Bonchev–Trinajstić information content (AvgIpc) is 3.55. The van der Waals surface area contributed by atoms with Gasteiger partial charge in [0, 0.05) is 36.9 Å². The fraction of sp³-hybridized carbons (Fsp3) is 0.417. The molecule has 1 heterocycles. The lowest BCUT2D eigenvalue weighted by atomic mass is 9.77. The molecule has 1 saturated carbocycles. The van der Waals surface area contributed by atoms with Crippen molar-refractivity contribution in [1.29, 1.82) is 0 Å². The van der Waals surface area contributed by atoms with Gasteiger partial charge < -0.3 is 4.90 Å². The van der Waals surface area contributed by atoms with E-state index in [0.717, 1.165) is 31.4 Å². The monoisotopic (exact) mass is 395 g/mol. The first-order chi connectivity index (χ1) is 13.6. The highest BCUT2D eigenvalue weighted by molar-refractivity contribution is 6.30. The van der Waals surface area contributed by atoms with Gasteiger partial charge in [-0.1, -0.05) is 54.1 Å². The molecule has 4 rings (SSSR count). The Balaban J connectivity index is 1.47. The van der Waals surface area contributed by atoms with Crippen molar-refractivity contribution < 1.29 is 9.59 Å². The van der Waals surface area contributed by atoms with E-state index >= 15 is 0 Å². The Morgan fingerprint density at radius 3 is 2.36 bits per heavy atom. The van der Waals surface area contributed by atoms with Crippen LogP contribution in [0, 0.1) is 11.8 Å². The highest BCUT2D eigenvalue weighted by Crippen LogP contribution is 2.38. The third-order valence-electron chi connectivity index (χ3n) is 6.00. The van der Waals surface area contributed by atoms with Crippen LogP contribution in [0.2, 0.25) is 5.02 Å². The molecule has 1 aliphatic carbocycles. The molecule has 0 N–H and O–H groups in total. The number of hydrogen-bond donors (Lipinski definition) is 0.